The number of piperazine rings is 1. The van der Waals surface area contributed by atoms with E-state index in [4.69, 9.17) is 0 Å². The molecule has 1 aromatic rings. The third kappa shape index (κ3) is 3.36. The molecule has 2 rings (SSSR count). The van der Waals surface area contributed by atoms with Gasteiger partial charge in [0.25, 0.3) is 0 Å². The maximum atomic E-state index is 14.2. The summed E-state index contributed by atoms with van der Waals surface area (Å²) >= 11 is 0. The first-order valence-corrected chi connectivity index (χ1v) is 7.53. The molecule has 112 valence electrons. The van der Waals surface area contributed by atoms with Crippen LogP contribution in [-0.2, 0) is 0 Å². The minimum atomic E-state index is -0.744. The molecule has 20 heavy (non-hydrogen) atoms. The Morgan fingerprint density at radius 1 is 1.25 bits per heavy atom. The van der Waals surface area contributed by atoms with Crippen molar-refractivity contribution in [3.8, 4) is 0 Å². The van der Waals surface area contributed by atoms with Crippen molar-refractivity contribution in [2.24, 2.45) is 5.92 Å². The largest absolute Gasteiger partial charge is 0.314 e. The van der Waals surface area contributed by atoms with Gasteiger partial charge in [-0.2, -0.15) is 0 Å². The van der Waals surface area contributed by atoms with Crippen molar-refractivity contribution in [1.82, 2.24) is 10.2 Å². The van der Waals surface area contributed by atoms with E-state index in [9.17, 15) is 8.78 Å². The zero-order valence-corrected chi connectivity index (χ0v) is 12.3. The van der Waals surface area contributed by atoms with Crippen molar-refractivity contribution in [3.05, 3.63) is 35.4 Å². The van der Waals surface area contributed by atoms with Crippen LogP contribution in [0.5, 0.6) is 0 Å². The summed E-state index contributed by atoms with van der Waals surface area (Å²) in [5.41, 5.74) is 0.507. The van der Waals surface area contributed by atoms with Crippen LogP contribution in [0.15, 0.2) is 18.2 Å². The second kappa shape index (κ2) is 7.14. The lowest BCUT2D eigenvalue weighted by atomic mass is 9.89. The van der Waals surface area contributed by atoms with Gasteiger partial charge in [0.15, 0.2) is 11.6 Å². The molecule has 4 heteroatoms. The highest BCUT2D eigenvalue weighted by molar-refractivity contribution is 5.23. The summed E-state index contributed by atoms with van der Waals surface area (Å²) in [6, 6.07) is 4.50. The number of nitrogens with zero attached hydrogens (tertiary/aromatic N) is 1. The van der Waals surface area contributed by atoms with Gasteiger partial charge in [-0.15, -0.1) is 0 Å². The molecule has 1 fully saturated rings. The van der Waals surface area contributed by atoms with E-state index >= 15 is 0 Å². The van der Waals surface area contributed by atoms with Gasteiger partial charge in [-0.05, 0) is 18.4 Å². The van der Waals surface area contributed by atoms with Crippen LogP contribution in [0.2, 0.25) is 0 Å². The molecule has 0 aromatic heterocycles. The Bertz CT molecular complexity index is 430. The summed E-state index contributed by atoms with van der Waals surface area (Å²) in [6.45, 7) is 7.86. The molecule has 0 radical (unpaired) electrons. The van der Waals surface area contributed by atoms with Crippen LogP contribution in [0, 0.1) is 17.6 Å². The lowest BCUT2D eigenvalue weighted by Crippen LogP contribution is -2.46. The molecule has 1 saturated heterocycles. The van der Waals surface area contributed by atoms with Gasteiger partial charge >= 0.3 is 0 Å². The lowest BCUT2D eigenvalue weighted by Gasteiger charge is -2.38. The summed E-state index contributed by atoms with van der Waals surface area (Å²) in [6.07, 6.45) is 2.07. The van der Waals surface area contributed by atoms with Gasteiger partial charge in [0.05, 0.1) is 0 Å². The number of halogens is 2. The predicted molar refractivity (Wildman–Crippen MR) is 77.6 cm³/mol. The highest BCUT2D eigenvalue weighted by Gasteiger charge is 2.29. The van der Waals surface area contributed by atoms with Crippen LogP contribution in [0.25, 0.3) is 0 Å². The molecule has 0 aliphatic carbocycles. The number of benzene rings is 1. The molecule has 1 aromatic carbocycles. The normalized spacial score (nSPS) is 19.8. The molecule has 2 nitrogen and oxygen atoms in total. The third-order valence-corrected chi connectivity index (χ3v) is 4.13. The average molecular weight is 282 g/mol. The monoisotopic (exact) mass is 282 g/mol. The molecule has 0 saturated carbocycles. The van der Waals surface area contributed by atoms with Crippen LogP contribution in [0.3, 0.4) is 0 Å². The van der Waals surface area contributed by atoms with Crippen molar-refractivity contribution in [2.75, 3.05) is 26.2 Å². The van der Waals surface area contributed by atoms with Crippen molar-refractivity contribution in [2.45, 2.75) is 32.7 Å². The SMILES string of the molecule is CCCC(C)[C@@H](c1cccc(F)c1F)N1CCNCC1. The molecule has 0 amide bonds. The number of rotatable bonds is 5. The molecule has 1 aliphatic rings. The fourth-order valence-electron chi connectivity index (χ4n) is 3.19. The Balaban J connectivity index is 2.31. The van der Waals surface area contributed by atoms with Crippen molar-refractivity contribution >= 4 is 0 Å². The second-order valence-electron chi connectivity index (χ2n) is 5.64. The predicted octanol–water partition coefficient (Wildman–Crippen LogP) is 3.35. The van der Waals surface area contributed by atoms with Crippen LogP contribution in [0.1, 0.15) is 38.3 Å². The molecule has 1 unspecified atom stereocenters. The summed E-state index contributed by atoms with van der Waals surface area (Å²) in [5, 5.41) is 3.31. The fraction of sp³-hybridized carbons (Fsp3) is 0.625. The Kier molecular flexibility index (Phi) is 5.49. The van der Waals surface area contributed by atoms with E-state index in [1.807, 2.05) is 0 Å². The Hall–Kier alpha value is -1.00. The molecule has 2 atom stereocenters. The number of nitrogens with one attached hydrogen (secondary N) is 1. The van der Waals surface area contributed by atoms with Gasteiger partial charge in [-0.1, -0.05) is 32.4 Å². The molecule has 0 bridgehead atoms. The zero-order chi connectivity index (χ0) is 14.5. The van der Waals surface area contributed by atoms with E-state index in [1.165, 1.54) is 6.07 Å². The number of hydrogen-bond donors (Lipinski definition) is 1. The van der Waals surface area contributed by atoms with Gasteiger partial charge in [0, 0.05) is 37.8 Å². The highest BCUT2D eigenvalue weighted by Crippen LogP contribution is 2.33. The average Bonchev–Trinajstić information content (AvgIpc) is 2.45. The summed E-state index contributed by atoms with van der Waals surface area (Å²) in [7, 11) is 0. The Labute approximate surface area is 120 Å². The van der Waals surface area contributed by atoms with E-state index in [0.717, 1.165) is 39.0 Å². The van der Waals surface area contributed by atoms with Crippen molar-refractivity contribution in [3.63, 3.8) is 0 Å². The van der Waals surface area contributed by atoms with Crippen LogP contribution >= 0.6 is 0 Å². The smallest absolute Gasteiger partial charge is 0.163 e. The first-order chi connectivity index (χ1) is 9.65. The molecular formula is C16H24F2N2. The Morgan fingerprint density at radius 2 is 1.95 bits per heavy atom. The Morgan fingerprint density at radius 3 is 2.60 bits per heavy atom. The summed E-state index contributed by atoms with van der Waals surface area (Å²) < 4.78 is 27.7. The topological polar surface area (TPSA) is 15.3 Å². The maximum Gasteiger partial charge on any atom is 0.163 e. The van der Waals surface area contributed by atoms with Crippen LogP contribution in [0.4, 0.5) is 8.78 Å². The van der Waals surface area contributed by atoms with Gasteiger partial charge in [0.2, 0.25) is 0 Å². The van der Waals surface area contributed by atoms with E-state index in [0.29, 0.717) is 11.5 Å². The van der Waals surface area contributed by atoms with Gasteiger partial charge in [-0.3, -0.25) is 4.90 Å². The minimum Gasteiger partial charge on any atom is -0.314 e. The standard InChI is InChI=1S/C16H24F2N2/c1-3-5-12(2)16(20-10-8-19-9-11-20)13-6-4-7-14(17)15(13)18/h4,6-7,12,16,19H,3,5,8-11H2,1-2H3/t12?,16-/m0/s1. The van der Waals surface area contributed by atoms with Gasteiger partial charge < -0.3 is 5.32 Å². The van der Waals surface area contributed by atoms with Crippen molar-refractivity contribution in [1.29, 1.82) is 0 Å². The first kappa shape index (κ1) is 15.4. The fourth-order valence-corrected chi connectivity index (χ4v) is 3.19. The zero-order valence-electron chi connectivity index (χ0n) is 12.3. The molecular weight excluding hydrogens is 258 g/mol. The highest BCUT2D eigenvalue weighted by atomic mass is 19.2. The van der Waals surface area contributed by atoms with Crippen LogP contribution in [-0.4, -0.2) is 31.1 Å². The molecule has 1 N–H and O–H groups in total. The van der Waals surface area contributed by atoms with Crippen LogP contribution < -0.4 is 5.32 Å². The van der Waals surface area contributed by atoms with E-state index in [-0.39, 0.29) is 6.04 Å². The summed E-state index contributed by atoms with van der Waals surface area (Å²) in [5.74, 6) is -1.11. The lowest BCUT2D eigenvalue weighted by molar-refractivity contribution is 0.122. The minimum absolute atomic E-state index is 0.0345. The third-order valence-electron chi connectivity index (χ3n) is 4.13. The van der Waals surface area contributed by atoms with E-state index in [1.54, 1.807) is 12.1 Å². The van der Waals surface area contributed by atoms with Gasteiger partial charge in [0.1, 0.15) is 0 Å². The summed E-state index contributed by atoms with van der Waals surface area (Å²) in [4.78, 5) is 2.29. The number of hydrogen-bond acceptors (Lipinski definition) is 2. The van der Waals surface area contributed by atoms with Gasteiger partial charge in [-0.25, -0.2) is 8.78 Å². The van der Waals surface area contributed by atoms with E-state index in [2.05, 4.69) is 24.1 Å². The first-order valence-electron chi connectivity index (χ1n) is 7.53. The second-order valence-corrected chi connectivity index (χ2v) is 5.64. The maximum absolute atomic E-state index is 14.2. The molecule has 1 aliphatic heterocycles. The van der Waals surface area contributed by atoms with Crippen molar-refractivity contribution < 1.29 is 8.78 Å². The molecule has 1 heterocycles. The van der Waals surface area contributed by atoms with E-state index < -0.39 is 11.6 Å². The quantitative estimate of drug-likeness (QED) is 0.891. The molecule has 0 spiro atoms.